The molecule has 31 heavy (non-hydrogen) atoms. The van der Waals surface area contributed by atoms with Gasteiger partial charge in [0.2, 0.25) is 0 Å². The number of likely N-dealkylation sites (tertiary alicyclic amines) is 1. The van der Waals surface area contributed by atoms with Crippen LogP contribution in [0.15, 0.2) is 53.4 Å². The van der Waals surface area contributed by atoms with E-state index >= 15 is 0 Å². The number of amides is 2. The first-order valence-corrected chi connectivity index (χ1v) is 11.8. The molecule has 0 spiro atoms. The lowest BCUT2D eigenvalue weighted by Crippen LogP contribution is -2.31. The van der Waals surface area contributed by atoms with E-state index in [1.165, 1.54) is 17.0 Å². The number of sulfone groups is 1. The summed E-state index contributed by atoms with van der Waals surface area (Å²) in [4.78, 5) is 25.6. The smallest absolute Gasteiger partial charge is 0.407 e. The summed E-state index contributed by atoms with van der Waals surface area (Å²) >= 11 is 0. The number of aliphatic hydroxyl groups is 1. The summed E-state index contributed by atoms with van der Waals surface area (Å²) in [6.07, 6.45) is 0.594. The van der Waals surface area contributed by atoms with Crippen LogP contribution in [0.2, 0.25) is 0 Å². The summed E-state index contributed by atoms with van der Waals surface area (Å²) in [5, 5.41) is 21.8. The van der Waals surface area contributed by atoms with Gasteiger partial charge in [0.15, 0.2) is 9.84 Å². The Bertz CT molecular complexity index is 1030. The van der Waals surface area contributed by atoms with Crippen molar-refractivity contribution in [1.29, 1.82) is 0 Å². The van der Waals surface area contributed by atoms with Gasteiger partial charge >= 0.3 is 6.09 Å². The Morgan fingerprint density at radius 3 is 2.32 bits per heavy atom. The zero-order chi connectivity index (χ0) is 22.6. The van der Waals surface area contributed by atoms with Gasteiger partial charge in [0.1, 0.15) is 0 Å². The molecule has 0 aromatic heterocycles. The molecule has 1 aliphatic heterocycles. The fourth-order valence-electron chi connectivity index (χ4n) is 3.75. The highest BCUT2D eigenvalue weighted by molar-refractivity contribution is 7.91. The fraction of sp³-hybridized carbons (Fsp3) is 0.364. The standard InChI is InChI=1S/C22H26N2O6S/c1-2-31(29,30)18-11-9-15(10-12-18)19(14-25)23-21(26)17-7-5-16(6-8-17)20-4-3-13-24(20)22(27)28/h5-12,19-20,25H,2-4,13-14H2,1H3,(H,23,26)(H,27,28)/t19-,20?/m0/s1. The molecule has 3 rings (SSSR count). The van der Waals surface area contributed by atoms with Crippen LogP contribution in [-0.4, -0.2) is 54.4 Å². The second kappa shape index (κ2) is 9.49. The fourth-order valence-corrected chi connectivity index (χ4v) is 4.63. The van der Waals surface area contributed by atoms with Crippen LogP contribution in [0.1, 0.15) is 53.3 Å². The Balaban J connectivity index is 1.70. The zero-order valence-electron chi connectivity index (χ0n) is 17.2. The number of hydrogen-bond donors (Lipinski definition) is 3. The lowest BCUT2D eigenvalue weighted by molar-refractivity contribution is 0.0916. The van der Waals surface area contributed by atoms with Crippen LogP contribution in [0.5, 0.6) is 0 Å². The molecule has 1 unspecified atom stereocenters. The van der Waals surface area contributed by atoms with Gasteiger partial charge in [0.25, 0.3) is 5.91 Å². The van der Waals surface area contributed by atoms with Gasteiger partial charge in [-0.1, -0.05) is 31.2 Å². The number of aliphatic hydroxyl groups excluding tert-OH is 1. The monoisotopic (exact) mass is 446 g/mol. The minimum atomic E-state index is -3.32. The molecule has 1 saturated heterocycles. The number of nitrogens with one attached hydrogen (secondary N) is 1. The van der Waals surface area contributed by atoms with E-state index in [-0.39, 0.29) is 23.3 Å². The molecule has 0 aliphatic carbocycles. The summed E-state index contributed by atoms with van der Waals surface area (Å²) in [5.41, 5.74) is 1.81. The second-order valence-electron chi connectivity index (χ2n) is 7.44. The highest BCUT2D eigenvalue weighted by Crippen LogP contribution is 2.32. The molecule has 0 radical (unpaired) electrons. The van der Waals surface area contributed by atoms with Crippen molar-refractivity contribution in [2.75, 3.05) is 18.9 Å². The Morgan fingerprint density at radius 1 is 1.13 bits per heavy atom. The van der Waals surface area contributed by atoms with Gasteiger partial charge in [-0.2, -0.15) is 0 Å². The number of benzene rings is 2. The molecule has 3 N–H and O–H groups in total. The Kier molecular flexibility index (Phi) is 6.97. The molecule has 0 saturated carbocycles. The molecule has 1 heterocycles. The summed E-state index contributed by atoms with van der Waals surface area (Å²) in [6.45, 7) is 1.72. The average Bonchev–Trinajstić information content (AvgIpc) is 3.28. The predicted molar refractivity (Wildman–Crippen MR) is 115 cm³/mol. The molecule has 8 nitrogen and oxygen atoms in total. The number of carbonyl (C=O) groups is 2. The molecule has 2 aromatic rings. The molecule has 2 amide bonds. The highest BCUT2D eigenvalue weighted by atomic mass is 32.2. The molecule has 2 aromatic carbocycles. The molecular formula is C22H26N2O6S. The molecule has 1 aliphatic rings. The number of hydrogen-bond acceptors (Lipinski definition) is 5. The van der Waals surface area contributed by atoms with Crippen LogP contribution in [-0.2, 0) is 9.84 Å². The average molecular weight is 447 g/mol. The summed E-state index contributed by atoms with van der Waals surface area (Å²) in [7, 11) is -3.32. The number of carboxylic acid groups (broad SMARTS) is 1. The van der Waals surface area contributed by atoms with E-state index in [4.69, 9.17) is 0 Å². The third-order valence-corrected chi connectivity index (χ3v) is 7.32. The lowest BCUT2D eigenvalue weighted by Gasteiger charge is -2.22. The van der Waals surface area contributed by atoms with Crippen LogP contribution in [0, 0.1) is 0 Å². The summed E-state index contributed by atoms with van der Waals surface area (Å²) in [5.74, 6) is -0.398. The van der Waals surface area contributed by atoms with Crippen molar-refractivity contribution in [3.63, 3.8) is 0 Å². The van der Waals surface area contributed by atoms with Gasteiger partial charge in [-0.15, -0.1) is 0 Å². The van der Waals surface area contributed by atoms with E-state index in [1.54, 1.807) is 43.3 Å². The quantitative estimate of drug-likeness (QED) is 0.601. The maximum Gasteiger partial charge on any atom is 0.407 e. The van der Waals surface area contributed by atoms with Crippen LogP contribution in [0.3, 0.4) is 0 Å². The van der Waals surface area contributed by atoms with Crippen molar-refractivity contribution in [1.82, 2.24) is 10.2 Å². The van der Waals surface area contributed by atoms with Crippen molar-refractivity contribution in [3.8, 4) is 0 Å². The molecule has 9 heteroatoms. The van der Waals surface area contributed by atoms with E-state index in [2.05, 4.69) is 5.32 Å². The topological polar surface area (TPSA) is 124 Å². The van der Waals surface area contributed by atoms with Crippen LogP contribution in [0.25, 0.3) is 0 Å². The van der Waals surface area contributed by atoms with Crippen LogP contribution in [0.4, 0.5) is 4.79 Å². The number of carbonyl (C=O) groups excluding carboxylic acids is 1. The van der Waals surface area contributed by atoms with Crippen molar-refractivity contribution in [3.05, 3.63) is 65.2 Å². The first-order valence-electron chi connectivity index (χ1n) is 10.1. The van der Waals surface area contributed by atoms with E-state index in [0.717, 1.165) is 18.4 Å². The Hall–Kier alpha value is -2.91. The first-order chi connectivity index (χ1) is 14.8. The minimum Gasteiger partial charge on any atom is -0.465 e. The van der Waals surface area contributed by atoms with E-state index in [1.807, 2.05) is 0 Å². The summed E-state index contributed by atoms with van der Waals surface area (Å²) in [6, 6.07) is 11.9. The highest BCUT2D eigenvalue weighted by Gasteiger charge is 2.29. The SMILES string of the molecule is CCS(=O)(=O)c1ccc([C@H](CO)NC(=O)c2ccc(C3CCCN3C(=O)O)cc2)cc1. The van der Waals surface area contributed by atoms with Crippen molar-refractivity contribution < 1.29 is 28.2 Å². The van der Waals surface area contributed by atoms with Gasteiger partial charge < -0.3 is 20.4 Å². The van der Waals surface area contributed by atoms with Gasteiger partial charge in [0.05, 0.1) is 29.3 Å². The third kappa shape index (κ3) is 5.05. The van der Waals surface area contributed by atoms with Gasteiger partial charge in [-0.25, -0.2) is 13.2 Å². The van der Waals surface area contributed by atoms with Gasteiger partial charge in [-0.3, -0.25) is 4.79 Å². The molecule has 2 atom stereocenters. The first kappa shape index (κ1) is 22.8. The van der Waals surface area contributed by atoms with Crippen LogP contribution < -0.4 is 5.32 Å². The third-order valence-electron chi connectivity index (χ3n) is 5.57. The van der Waals surface area contributed by atoms with E-state index in [9.17, 15) is 28.2 Å². The van der Waals surface area contributed by atoms with Gasteiger partial charge in [-0.05, 0) is 48.2 Å². The van der Waals surface area contributed by atoms with Crippen molar-refractivity contribution in [2.24, 2.45) is 0 Å². The molecule has 0 bridgehead atoms. The maximum absolute atomic E-state index is 12.6. The number of rotatable bonds is 7. The normalized spacial score (nSPS) is 17.4. The van der Waals surface area contributed by atoms with Crippen LogP contribution >= 0.6 is 0 Å². The Labute approximate surface area is 181 Å². The number of nitrogens with zero attached hydrogens (tertiary/aromatic N) is 1. The molecule has 1 fully saturated rings. The molecular weight excluding hydrogens is 420 g/mol. The van der Waals surface area contributed by atoms with Crippen molar-refractivity contribution in [2.45, 2.75) is 36.7 Å². The van der Waals surface area contributed by atoms with Crippen molar-refractivity contribution >= 4 is 21.8 Å². The molecule has 166 valence electrons. The van der Waals surface area contributed by atoms with E-state index in [0.29, 0.717) is 17.7 Å². The lowest BCUT2D eigenvalue weighted by atomic mass is 10.0. The van der Waals surface area contributed by atoms with Gasteiger partial charge in [0, 0.05) is 12.1 Å². The minimum absolute atomic E-state index is 0.00636. The maximum atomic E-state index is 12.6. The Morgan fingerprint density at radius 2 is 1.77 bits per heavy atom. The van der Waals surface area contributed by atoms with E-state index < -0.39 is 27.9 Å². The second-order valence-corrected chi connectivity index (χ2v) is 9.72. The predicted octanol–water partition coefficient (Wildman–Crippen LogP) is 2.76. The largest absolute Gasteiger partial charge is 0.465 e. The zero-order valence-corrected chi connectivity index (χ0v) is 18.0. The summed E-state index contributed by atoms with van der Waals surface area (Å²) < 4.78 is 23.9.